The van der Waals surface area contributed by atoms with Crippen LogP contribution in [0.25, 0.3) is 0 Å². The second kappa shape index (κ2) is 10.1. The zero-order chi connectivity index (χ0) is 26.1. The van der Waals surface area contributed by atoms with Gasteiger partial charge in [-0.05, 0) is 37.9 Å². The summed E-state index contributed by atoms with van der Waals surface area (Å²) in [7, 11) is 0. The van der Waals surface area contributed by atoms with Crippen molar-refractivity contribution in [3.8, 4) is 0 Å². The summed E-state index contributed by atoms with van der Waals surface area (Å²) in [6, 6.07) is 2.06. The number of aromatic nitrogens is 3. The van der Waals surface area contributed by atoms with Crippen LogP contribution in [0.3, 0.4) is 0 Å². The maximum Gasteiger partial charge on any atom is 0.417 e. The molecule has 14 heteroatoms. The Bertz CT molecular complexity index is 1080. The summed E-state index contributed by atoms with van der Waals surface area (Å²) in [6.07, 6.45) is -1.15. The number of pyridine rings is 1. The van der Waals surface area contributed by atoms with Gasteiger partial charge in [0.25, 0.3) is 5.92 Å². The minimum Gasteiger partial charge on any atom is -0.369 e. The predicted molar refractivity (Wildman–Crippen MR) is 118 cm³/mol. The fourth-order valence-corrected chi connectivity index (χ4v) is 4.19. The van der Waals surface area contributed by atoms with Gasteiger partial charge in [0, 0.05) is 24.7 Å². The van der Waals surface area contributed by atoms with Crippen LogP contribution in [0.4, 0.5) is 38.0 Å². The molecular formula is C22H25F6N7O. The Morgan fingerprint density at radius 2 is 1.94 bits per heavy atom. The van der Waals surface area contributed by atoms with E-state index in [-0.39, 0.29) is 50.3 Å². The van der Waals surface area contributed by atoms with Crippen LogP contribution in [0.2, 0.25) is 0 Å². The fourth-order valence-electron chi connectivity index (χ4n) is 4.19. The van der Waals surface area contributed by atoms with Crippen molar-refractivity contribution in [1.29, 1.82) is 0 Å². The number of piperidine rings is 1. The Hall–Kier alpha value is -3.16. The second-order valence-corrected chi connectivity index (χ2v) is 9.06. The molecule has 2 aromatic heterocycles. The van der Waals surface area contributed by atoms with Gasteiger partial charge in [0.2, 0.25) is 11.7 Å². The molecule has 2 fully saturated rings. The number of primary amides is 1. The highest BCUT2D eigenvalue weighted by molar-refractivity contribution is 5.75. The lowest BCUT2D eigenvalue weighted by atomic mass is 9.92. The highest BCUT2D eigenvalue weighted by Crippen LogP contribution is 2.36. The monoisotopic (exact) mass is 517 g/mol. The van der Waals surface area contributed by atoms with Crippen LogP contribution in [0.5, 0.6) is 0 Å². The molecule has 0 radical (unpaired) electrons. The number of halogens is 6. The molecule has 0 bridgehead atoms. The standard InChI is InChI=1S/C22H25F6N7O/c23-18-19(31-7-13-5-6-34(10-17(29)36)11-21(13,24)25)32-12-33-20(18)35(16-3-4-16)9-15-2-1-14(8-30-15)22(26,27)28/h1-2,8,12-13,16H,3-7,9-11H2,(H2,29,36)(H,31,32,33). The van der Waals surface area contributed by atoms with Gasteiger partial charge in [0.1, 0.15) is 6.33 Å². The van der Waals surface area contributed by atoms with Crippen molar-refractivity contribution in [2.75, 3.05) is 36.4 Å². The van der Waals surface area contributed by atoms with Crippen LogP contribution in [0, 0.1) is 11.7 Å². The number of hydrogen-bond donors (Lipinski definition) is 2. The van der Waals surface area contributed by atoms with E-state index in [0.717, 1.165) is 31.4 Å². The minimum absolute atomic E-state index is 0.0204. The van der Waals surface area contributed by atoms with E-state index in [1.54, 1.807) is 4.90 Å². The van der Waals surface area contributed by atoms with Crippen molar-refractivity contribution in [3.05, 3.63) is 41.7 Å². The molecule has 1 atom stereocenters. The summed E-state index contributed by atoms with van der Waals surface area (Å²) in [5.74, 6) is -6.10. The number of alkyl halides is 5. The lowest BCUT2D eigenvalue weighted by Gasteiger charge is -2.37. The molecular weight excluding hydrogens is 492 g/mol. The van der Waals surface area contributed by atoms with Gasteiger partial charge in [0.05, 0.1) is 30.9 Å². The number of rotatable bonds is 9. The maximum atomic E-state index is 15.3. The zero-order valence-electron chi connectivity index (χ0n) is 19.1. The zero-order valence-corrected chi connectivity index (χ0v) is 19.1. The second-order valence-electron chi connectivity index (χ2n) is 9.06. The summed E-state index contributed by atoms with van der Waals surface area (Å²) in [4.78, 5) is 25.6. The van der Waals surface area contributed by atoms with Gasteiger partial charge in [-0.1, -0.05) is 0 Å². The first-order valence-electron chi connectivity index (χ1n) is 11.4. The van der Waals surface area contributed by atoms with Gasteiger partial charge in [-0.25, -0.2) is 18.7 Å². The van der Waals surface area contributed by atoms with Crippen LogP contribution in [0.15, 0.2) is 24.7 Å². The van der Waals surface area contributed by atoms with Gasteiger partial charge in [-0.3, -0.25) is 14.7 Å². The van der Waals surface area contributed by atoms with Gasteiger partial charge in [0.15, 0.2) is 11.6 Å². The molecule has 2 aliphatic rings. The van der Waals surface area contributed by atoms with Crippen LogP contribution in [-0.2, 0) is 17.5 Å². The molecule has 196 valence electrons. The topological polar surface area (TPSA) is 100 Å². The summed E-state index contributed by atoms with van der Waals surface area (Å²) in [5, 5.41) is 2.65. The predicted octanol–water partition coefficient (Wildman–Crippen LogP) is 3.05. The molecule has 1 saturated carbocycles. The van der Waals surface area contributed by atoms with E-state index in [0.29, 0.717) is 5.69 Å². The third-order valence-corrected chi connectivity index (χ3v) is 6.24. The number of nitrogens with two attached hydrogens (primary N) is 1. The first-order chi connectivity index (χ1) is 16.9. The van der Waals surface area contributed by atoms with E-state index in [1.165, 1.54) is 11.0 Å². The van der Waals surface area contributed by atoms with Crippen molar-refractivity contribution in [3.63, 3.8) is 0 Å². The Morgan fingerprint density at radius 1 is 1.19 bits per heavy atom. The normalized spacial score (nSPS) is 20.2. The number of amides is 1. The van der Waals surface area contributed by atoms with Gasteiger partial charge >= 0.3 is 6.18 Å². The average Bonchev–Trinajstić information content (AvgIpc) is 3.62. The van der Waals surface area contributed by atoms with Gasteiger partial charge in [-0.2, -0.15) is 17.6 Å². The van der Waals surface area contributed by atoms with Crippen LogP contribution in [0.1, 0.15) is 30.5 Å². The smallest absolute Gasteiger partial charge is 0.369 e. The third kappa shape index (κ3) is 6.15. The lowest BCUT2D eigenvalue weighted by Crippen LogP contribution is -2.52. The van der Waals surface area contributed by atoms with Crippen LogP contribution in [-0.4, -0.2) is 63.9 Å². The van der Waals surface area contributed by atoms with E-state index in [4.69, 9.17) is 5.73 Å². The molecule has 0 aromatic carbocycles. The molecule has 1 unspecified atom stereocenters. The molecule has 3 heterocycles. The molecule has 8 nitrogen and oxygen atoms in total. The Balaban J connectivity index is 1.45. The summed E-state index contributed by atoms with van der Waals surface area (Å²) in [5.41, 5.74) is 4.50. The molecule has 0 spiro atoms. The van der Waals surface area contributed by atoms with Crippen LogP contribution >= 0.6 is 0 Å². The SMILES string of the molecule is NC(=O)CN1CCC(CNc2ncnc(N(Cc3ccc(C(F)(F)F)cn3)C3CC3)c2F)C(F)(F)C1. The van der Waals surface area contributed by atoms with Crippen molar-refractivity contribution in [2.45, 2.75) is 43.9 Å². The third-order valence-electron chi connectivity index (χ3n) is 6.24. The van der Waals surface area contributed by atoms with Crippen molar-refractivity contribution < 1.29 is 31.1 Å². The van der Waals surface area contributed by atoms with E-state index in [2.05, 4.69) is 20.3 Å². The van der Waals surface area contributed by atoms with Gasteiger partial charge in [-0.15, -0.1) is 0 Å². The van der Waals surface area contributed by atoms with Crippen molar-refractivity contribution >= 4 is 17.5 Å². The molecule has 2 aromatic rings. The van der Waals surface area contributed by atoms with Crippen LogP contribution < -0.4 is 16.0 Å². The molecule has 1 saturated heterocycles. The molecule has 1 aliphatic heterocycles. The van der Waals surface area contributed by atoms with Crippen molar-refractivity contribution in [1.82, 2.24) is 19.9 Å². The minimum atomic E-state index is -4.52. The van der Waals surface area contributed by atoms with E-state index in [9.17, 15) is 26.7 Å². The fraction of sp³-hybridized carbons (Fsp3) is 0.545. The Morgan fingerprint density at radius 3 is 2.53 bits per heavy atom. The van der Waals surface area contributed by atoms with Gasteiger partial charge < -0.3 is 16.0 Å². The number of nitrogens with one attached hydrogen (secondary N) is 1. The highest BCUT2D eigenvalue weighted by atomic mass is 19.4. The summed E-state index contributed by atoms with van der Waals surface area (Å²) >= 11 is 0. The quantitative estimate of drug-likeness (QED) is 0.494. The molecule has 4 rings (SSSR count). The summed E-state index contributed by atoms with van der Waals surface area (Å²) in [6.45, 7) is -0.876. The Labute approximate surface area is 202 Å². The highest BCUT2D eigenvalue weighted by Gasteiger charge is 2.44. The van der Waals surface area contributed by atoms with E-state index in [1.807, 2.05) is 0 Å². The first-order valence-corrected chi connectivity index (χ1v) is 11.4. The molecule has 3 N–H and O–H groups in total. The average molecular weight is 517 g/mol. The largest absolute Gasteiger partial charge is 0.417 e. The molecule has 1 amide bonds. The first kappa shape index (κ1) is 25.9. The number of carbonyl (C=O) groups excluding carboxylic acids is 1. The molecule has 1 aliphatic carbocycles. The Kier molecular flexibility index (Phi) is 7.25. The lowest BCUT2D eigenvalue weighted by molar-refractivity contribution is -0.137. The van der Waals surface area contributed by atoms with E-state index < -0.39 is 41.8 Å². The maximum absolute atomic E-state index is 15.3. The summed E-state index contributed by atoms with van der Waals surface area (Å²) < 4.78 is 83.0. The number of anilines is 2. The van der Waals surface area contributed by atoms with E-state index >= 15 is 4.39 Å². The molecule has 36 heavy (non-hydrogen) atoms. The number of hydrogen-bond acceptors (Lipinski definition) is 7. The number of nitrogens with zero attached hydrogens (tertiary/aromatic N) is 5. The number of carbonyl (C=O) groups is 1. The number of likely N-dealkylation sites (tertiary alicyclic amines) is 1. The van der Waals surface area contributed by atoms with Crippen molar-refractivity contribution in [2.24, 2.45) is 11.7 Å².